The van der Waals surface area contributed by atoms with Crippen molar-refractivity contribution in [3.63, 3.8) is 0 Å². The Morgan fingerprint density at radius 1 is 1.52 bits per heavy atom. The lowest BCUT2D eigenvalue weighted by Crippen LogP contribution is -2.34. The number of rotatable bonds is 3. The number of pyridine rings is 1. The molecule has 1 amide bonds. The highest BCUT2D eigenvalue weighted by Gasteiger charge is 2.20. The van der Waals surface area contributed by atoms with Crippen molar-refractivity contribution < 1.29 is 14.6 Å². The van der Waals surface area contributed by atoms with Crippen LogP contribution >= 0.6 is 0 Å². The van der Waals surface area contributed by atoms with Gasteiger partial charge in [0.05, 0.1) is 11.1 Å². The highest BCUT2D eigenvalue weighted by Crippen LogP contribution is 2.17. The monoisotopic (exact) mass is 288 g/mol. The Bertz CT molecular complexity index is 542. The Labute approximate surface area is 124 Å². The van der Waals surface area contributed by atoms with Crippen molar-refractivity contribution in [2.24, 2.45) is 5.92 Å². The number of carbonyl (C=O) groups is 1. The zero-order valence-corrected chi connectivity index (χ0v) is 12.2. The van der Waals surface area contributed by atoms with Gasteiger partial charge in [-0.15, -0.1) is 0 Å². The van der Waals surface area contributed by atoms with E-state index in [9.17, 15) is 4.79 Å². The zero-order valence-electron chi connectivity index (χ0n) is 12.2. The summed E-state index contributed by atoms with van der Waals surface area (Å²) in [5.41, 5.74) is 1.08. The van der Waals surface area contributed by atoms with Crippen molar-refractivity contribution in [3.05, 3.63) is 29.6 Å². The molecular weight excluding hydrogens is 268 g/mol. The van der Waals surface area contributed by atoms with Gasteiger partial charge in [-0.1, -0.05) is 11.8 Å². The number of carbonyl (C=O) groups excluding carboxylic acids is 1. The summed E-state index contributed by atoms with van der Waals surface area (Å²) in [5, 5.41) is 8.78. The standard InChI is InChI=1S/C16H20N2O3/c1-18(12-13-5-9-21-10-6-13)16(20)15-4-7-17-11-14(15)3-2-8-19/h4,7,11,13,19H,5-6,8-10,12H2,1H3. The predicted octanol–water partition coefficient (Wildman–Crippen LogP) is 0.924. The van der Waals surface area contributed by atoms with Gasteiger partial charge in [-0.3, -0.25) is 9.78 Å². The Balaban J connectivity index is 2.08. The number of nitrogens with zero attached hydrogens (tertiary/aromatic N) is 2. The molecule has 1 aliphatic heterocycles. The van der Waals surface area contributed by atoms with Crippen molar-refractivity contribution in [1.82, 2.24) is 9.88 Å². The zero-order chi connectivity index (χ0) is 15.1. The summed E-state index contributed by atoms with van der Waals surface area (Å²) in [5.74, 6) is 5.75. The van der Waals surface area contributed by atoms with Gasteiger partial charge >= 0.3 is 0 Å². The molecule has 2 rings (SSSR count). The summed E-state index contributed by atoms with van der Waals surface area (Å²) in [4.78, 5) is 18.3. The van der Waals surface area contributed by atoms with Gasteiger partial charge in [0, 0.05) is 39.2 Å². The summed E-state index contributed by atoms with van der Waals surface area (Å²) in [6.45, 7) is 2.03. The Morgan fingerprint density at radius 3 is 3.00 bits per heavy atom. The fourth-order valence-electron chi connectivity index (χ4n) is 2.42. The quantitative estimate of drug-likeness (QED) is 0.840. The molecule has 0 spiro atoms. The Kier molecular flexibility index (Phi) is 5.73. The second-order valence-electron chi connectivity index (χ2n) is 5.12. The topological polar surface area (TPSA) is 62.7 Å². The first-order chi connectivity index (χ1) is 10.2. The SMILES string of the molecule is CN(CC1CCOCC1)C(=O)c1ccncc1C#CCO. The summed E-state index contributed by atoms with van der Waals surface area (Å²) >= 11 is 0. The molecule has 1 saturated heterocycles. The highest BCUT2D eigenvalue weighted by atomic mass is 16.5. The summed E-state index contributed by atoms with van der Waals surface area (Å²) in [7, 11) is 1.81. The maximum absolute atomic E-state index is 12.5. The molecule has 112 valence electrons. The van der Waals surface area contributed by atoms with Gasteiger partial charge < -0.3 is 14.7 Å². The number of hydrogen-bond donors (Lipinski definition) is 1. The van der Waals surface area contributed by atoms with E-state index in [0.29, 0.717) is 17.0 Å². The molecule has 1 aliphatic rings. The van der Waals surface area contributed by atoms with E-state index in [4.69, 9.17) is 9.84 Å². The Hall–Kier alpha value is -1.90. The van der Waals surface area contributed by atoms with E-state index in [0.717, 1.165) is 32.6 Å². The molecule has 5 nitrogen and oxygen atoms in total. The Morgan fingerprint density at radius 2 is 2.29 bits per heavy atom. The van der Waals surface area contributed by atoms with E-state index in [-0.39, 0.29) is 12.5 Å². The molecular formula is C16H20N2O3. The summed E-state index contributed by atoms with van der Waals surface area (Å²) in [6, 6.07) is 1.67. The number of aliphatic hydroxyl groups excluding tert-OH is 1. The fraction of sp³-hybridized carbons (Fsp3) is 0.500. The maximum Gasteiger partial charge on any atom is 0.254 e. The lowest BCUT2D eigenvalue weighted by atomic mass is 9.99. The van der Waals surface area contributed by atoms with Crippen molar-refractivity contribution in [3.8, 4) is 11.8 Å². The van der Waals surface area contributed by atoms with Crippen molar-refractivity contribution in [1.29, 1.82) is 0 Å². The molecule has 0 aromatic carbocycles. The molecule has 2 heterocycles. The van der Waals surface area contributed by atoms with Crippen LogP contribution in [0.25, 0.3) is 0 Å². The van der Waals surface area contributed by atoms with E-state index in [1.165, 1.54) is 0 Å². The number of aliphatic hydroxyl groups is 1. The molecule has 21 heavy (non-hydrogen) atoms. The predicted molar refractivity (Wildman–Crippen MR) is 78.7 cm³/mol. The first-order valence-corrected chi connectivity index (χ1v) is 7.09. The average Bonchev–Trinajstić information content (AvgIpc) is 2.53. The van der Waals surface area contributed by atoms with Crippen LogP contribution in [0.2, 0.25) is 0 Å². The molecule has 0 unspecified atom stereocenters. The molecule has 1 aromatic heterocycles. The van der Waals surface area contributed by atoms with Gasteiger partial charge in [-0.05, 0) is 24.8 Å². The highest BCUT2D eigenvalue weighted by molar-refractivity contribution is 5.96. The van der Waals surface area contributed by atoms with Crippen LogP contribution in [0.5, 0.6) is 0 Å². The van der Waals surface area contributed by atoms with Crippen LogP contribution in [0.3, 0.4) is 0 Å². The van der Waals surface area contributed by atoms with Gasteiger partial charge in [0.2, 0.25) is 0 Å². The largest absolute Gasteiger partial charge is 0.384 e. The second-order valence-corrected chi connectivity index (χ2v) is 5.12. The van der Waals surface area contributed by atoms with Crippen LogP contribution < -0.4 is 0 Å². The summed E-state index contributed by atoms with van der Waals surface area (Å²) < 4.78 is 5.34. The maximum atomic E-state index is 12.5. The molecule has 0 radical (unpaired) electrons. The number of hydrogen-bond acceptors (Lipinski definition) is 4. The average molecular weight is 288 g/mol. The smallest absolute Gasteiger partial charge is 0.254 e. The lowest BCUT2D eigenvalue weighted by Gasteiger charge is -2.27. The number of amides is 1. The normalized spacial score (nSPS) is 15.1. The second kappa shape index (κ2) is 7.77. The van der Waals surface area contributed by atoms with E-state index >= 15 is 0 Å². The first kappa shape index (κ1) is 15.5. The number of aromatic nitrogens is 1. The van der Waals surface area contributed by atoms with Crippen LogP contribution in [0.15, 0.2) is 18.5 Å². The molecule has 0 bridgehead atoms. The van der Waals surface area contributed by atoms with Crippen molar-refractivity contribution >= 4 is 5.91 Å². The van der Waals surface area contributed by atoms with E-state index < -0.39 is 0 Å². The lowest BCUT2D eigenvalue weighted by molar-refractivity contribution is 0.0497. The fourth-order valence-corrected chi connectivity index (χ4v) is 2.42. The van der Waals surface area contributed by atoms with E-state index in [1.807, 2.05) is 7.05 Å². The van der Waals surface area contributed by atoms with Gasteiger partial charge in [0.15, 0.2) is 0 Å². The minimum absolute atomic E-state index is 0.0638. The van der Waals surface area contributed by atoms with Gasteiger partial charge in [0.25, 0.3) is 5.91 Å². The molecule has 5 heteroatoms. The summed E-state index contributed by atoms with van der Waals surface area (Å²) in [6.07, 6.45) is 5.12. The molecule has 0 saturated carbocycles. The minimum Gasteiger partial charge on any atom is -0.384 e. The van der Waals surface area contributed by atoms with E-state index in [2.05, 4.69) is 16.8 Å². The van der Waals surface area contributed by atoms with Crippen LogP contribution in [0.4, 0.5) is 0 Å². The molecule has 1 aromatic rings. The number of ether oxygens (including phenoxy) is 1. The third-order valence-electron chi connectivity index (χ3n) is 3.57. The minimum atomic E-state index is -0.236. The van der Waals surface area contributed by atoms with Crippen LogP contribution in [-0.4, -0.2) is 54.3 Å². The van der Waals surface area contributed by atoms with Gasteiger partial charge in [0.1, 0.15) is 6.61 Å². The molecule has 1 fully saturated rings. The van der Waals surface area contributed by atoms with Crippen LogP contribution in [0, 0.1) is 17.8 Å². The van der Waals surface area contributed by atoms with E-state index in [1.54, 1.807) is 23.4 Å². The van der Waals surface area contributed by atoms with Gasteiger partial charge in [-0.25, -0.2) is 0 Å². The van der Waals surface area contributed by atoms with Crippen molar-refractivity contribution in [2.45, 2.75) is 12.8 Å². The third kappa shape index (κ3) is 4.28. The molecule has 0 atom stereocenters. The third-order valence-corrected chi connectivity index (χ3v) is 3.57. The molecule has 0 aliphatic carbocycles. The van der Waals surface area contributed by atoms with Crippen LogP contribution in [0.1, 0.15) is 28.8 Å². The molecule has 1 N–H and O–H groups in total. The van der Waals surface area contributed by atoms with Crippen molar-refractivity contribution in [2.75, 3.05) is 33.4 Å². The van der Waals surface area contributed by atoms with Gasteiger partial charge in [-0.2, -0.15) is 0 Å². The first-order valence-electron chi connectivity index (χ1n) is 7.09. The van der Waals surface area contributed by atoms with Crippen LogP contribution in [-0.2, 0) is 4.74 Å².